The van der Waals surface area contributed by atoms with Gasteiger partial charge >= 0.3 is 5.69 Å². The van der Waals surface area contributed by atoms with Crippen LogP contribution in [0, 0.1) is 0 Å². The summed E-state index contributed by atoms with van der Waals surface area (Å²) in [6.45, 7) is 0.544. The number of thiophene rings is 1. The molecule has 1 amide bonds. The largest absolute Gasteiger partial charge is 0.454 e. The van der Waals surface area contributed by atoms with Crippen molar-refractivity contribution in [3.63, 3.8) is 0 Å². The molecule has 8 nitrogen and oxygen atoms in total. The normalized spacial score (nSPS) is 12.5. The Hall–Kier alpha value is -3.07. The third-order valence-corrected chi connectivity index (χ3v) is 4.98. The topological polar surface area (TPSA) is 102 Å². The van der Waals surface area contributed by atoms with E-state index in [0.29, 0.717) is 28.3 Å². The number of ether oxygens (including phenoxy) is 2. The van der Waals surface area contributed by atoms with Crippen LogP contribution in [0.5, 0.6) is 11.5 Å². The van der Waals surface area contributed by atoms with E-state index in [-0.39, 0.29) is 31.2 Å². The summed E-state index contributed by atoms with van der Waals surface area (Å²) in [7, 11) is 0. The molecule has 0 aliphatic carbocycles. The third kappa shape index (κ3) is 3.08. The average Bonchev–Trinajstić information content (AvgIpc) is 3.28. The lowest BCUT2D eigenvalue weighted by Crippen LogP contribution is -2.36. The first-order valence-corrected chi connectivity index (χ1v) is 8.85. The Morgan fingerprint density at radius 1 is 1.23 bits per heavy atom. The number of nitrogens with one attached hydrogen (secondary N) is 2. The fourth-order valence-electron chi connectivity index (χ4n) is 2.73. The Labute approximate surface area is 151 Å². The van der Waals surface area contributed by atoms with Gasteiger partial charge in [-0.1, -0.05) is 6.07 Å². The molecule has 0 bridgehead atoms. The van der Waals surface area contributed by atoms with Gasteiger partial charge in [0.1, 0.15) is 4.70 Å². The fraction of sp³-hybridized carbons (Fsp3) is 0.235. The van der Waals surface area contributed by atoms with E-state index < -0.39 is 5.69 Å². The minimum absolute atomic E-state index is 0.0228. The second-order valence-electron chi connectivity index (χ2n) is 5.76. The smallest absolute Gasteiger partial charge is 0.328 e. The number of fused-ring (bicyclic) bond motifs is 2. The SMILES string of the molecule is O=C(CCn1c(=O)[nH]c2ccsc2c1=O)NCc1ccc2c(c1)OCO2. The molecular weight excluding hydrogens is 358 g/mol. The van der Waals surface area contributed by atoms with Gasteiger partial charge in [-0.05, 0) is 29.1 Å². The monoisotopic (exact) mass is 373 g/mol. The van der Waals surface area contributed by atoms with Crippen LogP contribution in [-0.2, 0) is 17.9 Å². The number of carbonyl (C=O) groups excluding carboxylic acids is 1. The zero-order chi connectivity index (χ0) is 18.1. The van der Waals surface area contributed by atoms with Crippen LogP contribution >= 0.6 is 11.3 Å². The molecule has 0 atom stereocenters. The molecular formula is C17H15N3O5S. The second kappa shape index (κ2) is 6.68. The number of amides is 1. The molecule has 1 aliphatic rings. The quantitative estimate of drug-likeness (QED) is 0.699. The maximum Gasteiger partial charge on any atom is 0.328 e. The van der Waals surface area contributed by atoms with Crippen LogP contribution in [-0.4, -0.2) is 22.3 Å². The molecule has 2 N–H and O–H groups in total. The van der Waals surface area contributed by atoms with Crippen molar-refractivity contribution < 1.29 is 14.3 Å². The molecule has 0 saturated heterocycles. The van der Waals surface area contributed by atoms with E-state index in [1.807, 2.05) is 12.1 Å². The maximum absolute atomic E-state index is 12.3. The molecule has 0 fully saturated rings. The van der Waals surface area contributed by atoms with Gasteiger partial charge < -0.3 is 19.8 Å². The van der Waals surface area contributed by atoms with Crippen molar-refractivity contribution >= 4 is 27.5 Å². The van der Waals surface area contributed by atoms with Gasteiger partial charge in [0.15, 0.2) is 11.5 Å². The number of aromatic nitrogens is 2. The summed E-state index contributed by atoms with van der Waals surface area (Å²) in [6.07, 6.45) is 0.0322. The van der Waals surface area contributed by atoms with Gasteiger partial charge in [-0.2, -0.15) is 0 Å². The first-order valence-electron chi connectivity index (χ1n) is 7.97. The molecule has 2 aromatic heterocycles. The highest BCUT2D eigenvalue weighted by Crippen LogP contribution is 2.32. The van der Waals surface area contributed by atoms with Gasteiger partial charge in [-0.3, -0.25) is 14.2 Å². The summed E-state index contributed by atoms with van der Waals surface area (Å²) < 4.78 is 12.1. The van der Waals surface area contributed by atoms with Gasteiger partial charge in [0.05, 0.1) is 5.52 Å². The summed E-state index contributed by atoms with van der Waals surface area (Å²) in [5, 5.41) is 4.51. The highest BCUT2D eigenvalue weighted by Gasteiger charge is 2.14. The Morgan fingerprint density at radius 3 is 2.96 bits per heavy atom. The summed E-state index contributed by atoms with van der Waals surface area (Å²) in [4.78, 5) is 39.0. The van der Waals surface area contributed by atoms with Gasteiger partial charge in [0, 0.05) is 19.5 Å². The van der Waals surface area contributed by atoms with E-state index in [9.17, 15) is 14.4 Å². The van der Waals surface area contributed by atoms with Crippen LogP contribution in [0.4, 0.5) is 0 Å². The Balaban J connectivity index is 1.38. The number of carbonyl (C=O) groups is 1. The fourth-order valence-corrected chi connectivity index (χ4v) is 3.52. The minimum atomic E-state index is -0.510. The number of nitrogens with zero attached hydrogens (tertiary/aromatic N) is 1. The lowest BCUT2D eigenvalue weighted by molar-refractivity contribution is -0.121. The van der Waals surface area contributed by atoms with E-state index in [0.717, 1.165) is 10.1 Å². The predicted molar refractivity (Wildman–Crippen MR) is 95.7 cm³/mol. The number of hydrogen-bond acceptors (Lipinski definition) is 6. The van der Waals surface area contributed by atoms with Crippen molar-refractivity contribution in [1.29, 1.82) is 0 Å². The molecule has 3 heterocycles. The van der Waals surface area contributed by atoms with Gasteiger partial charge in [0.25, 0.3) is 5.56 Å². The number of benzene rings is 1. The molecule has 3 aromatic rings. The van der Waals surface area contributed by atoms with Crippen LogP contribution in [0.15, 0.2) is 39.2 Å². The Morgan fingerprint density at radius 2 is 2.08 bits per heavy atom. The molecule has 134 valence electrons. The standard InChI is InChI=1S/C17H15N3O5S/c21-14(18-8-10-1-2-12-13(7-10)25-9-24-12)3-5-20-16(22)15-11(4-6-26-15)19-17(20)23/h1-2,4,6-7H,3,5,8-9H2,(H,18,21)(H,19,23). The molecule has 4 rings (SSSR count). The lowest BCUT2D eigenvalue weighted by Gasteiger charge is -2.07. The van der Waals surface area contributed by atoms with Crippen LogP contribution in [0.25, 0.3) is 10.2 Å². The molecule has 1 aliphatic heterocycles. The van der Waals surface area contributed by atoms with Crippen molar-refractivity contribution in [2.75, 3.05) is 6.79 Å². The molecule has 0 spiro atoms. The van der Waals surface area contributed by atoms with Crippen molar-refractivity contribution in [2.45, 2.75) is 19.5 Å². The van der Waals surface area contributed by atoms with E-state index in [1.54, 1.807) is 17.5 Å². The predicted octanol–water partition coefficient (Wildman–Crippen LogP) is 1.19. The second-order valence-corrected chi connectivity index (χ2v) is 6.68. The zero-order valence-electron chi connectivity index (χ0n) is 13.6. The highest BCUT2D eigenvalue weighted by atomic mass is 32.1. The number of hydrogen-bond donors (Lipinski definition) is 2. The van der Waals surface area contributed by atoms with Crippen molar-refractivity contribution in [3.05, 3.63) is 56.0 Å². The number of aromatic amines is 1. The molecule has 26 heavy (non-hydrogen) atoms. The summed E-state index contributed by atoms with van der Waals surface area (Å²) in [5.41, 5.74) is 0.512. The average molecular weight is 373 g/mol. The summed E-state index contributed by atoms with van der Waals surface area (Å²) in [6, 6.07) is 7.13. The van der Waals surface area contributed by atoms with E-state index in [1.165, 1.54) is 11.3 Å². The number of rotatable bonds is 5. The summed E-state index contributed by atoms with van der Waals surface area (Å²) in [5.74, 6) is 1.09. The third-order valence-electron chi connectivity index (χ3n) is 4.08. The molecule has 1 aromatic carbocycles. The van der Waals surface area contributed by atoms with Crippen LogP contribution in [0.1, 0.15) is 12.0 Å². The van der Waals surface area contributed by atoms with Gasteiger partial charge in [-0.15, -0.1) is 11.3 Å². The Bertz CT molecular complexity index is 1100. The van der Waals surface area contributed by atoms with Gasteiger partial charge in [0.2, 0.25) is 12.7 Å². The molecule has 0 saturated carbocycles. The first-order chi connectivity index (χ1) is 12.6. The maximum atomic E-state index is 12.3. The summed E-state index contributed by atoms with van der Waals surface area (Å²) >= 11 is 1.26. The van der Waals surface area contributed by atoms with E-state index in [4.69, 9.17) is 9.47 Å². The van der Waals surface area contributed by atoms with E-state index in [2.05, 4.69) is 10.3 Å². The van der Waals surface area contributed by atoms with Crippen LogP contribution < -0.4 is 26.0 Å². The molecule has 0 radical (unpaired) electrons. The van der Waals surface area contributed by atoms with Crippen molar-refractivity contribution in [3.8, 4) is 11.5 Å². The number of H-pyrrole nitrogens is 1. The van der Waals surface area contributed by atoms with Crippen LogP contribution in [0.3, 0.4) is 0 Å². The Kier molecular flexibility index (Phi) is 4.21. The highest BCUT2D eigenvalue weighted by molar-refractivity contribution is 7.17. The van der Waals surface area contributed by atoms with Gasteiger partial charge in [-0.25, -0.2) is 4.79 Å². The lowest BCUT2D eigenvalue weighted by atomic mass is 10.2. The molecule has 9 heteroatoms. The van der Waals surface area contributed by atoms with Crippen LogP contribution in [0.2, 0.25) is 0 Å². The first kappa shape index (κ1) is 16.4. The zero-order valence-corrected chi connectivity index (χ0v) is 14.4. The van der Waals surface area contributed by atoms with Crippen molar-refractivity contribution in [2.24, 2.45) is 0 Å². The van der Waals surface area contributed by atoms with E-state index >= 15 is 0 Å². The van der Waals surface area contributed by atoms with Crippen molar-refractivity contribution in [1.82, 2.24) is 14.9 Å². The minimum Gasteiger partial charge on any atom is -0.454 e. The molecule has 0 unspecified atom stereocenters.